The standard InChI is InChI=1S/C8H16N2O2/c1-6(11)3-10-8(12)2-7-4-9-5-7/h6-7,9,11H,2-5H2,1H3,(H,10,12). The highest BCUT2D eigenvalue weighted by Gasteiger charge is 2.19. The van der Waals surface area contributed by atoms with Gasteiger partial charge in [0.1, 0.15) is 0 Å². The Labute approximate surface area is 72.3 Å². The minimum absolute atomic E-state index is 0.0439. The molecule has 1 amide bonds. The van der Waals surface area contributed by atoms with Crippen LogP contribution in [0.15, 0.2) is 0 Å². The fourth-order valence-electron chi connectivity index (χ4n) is 1.09. The van der Waals surface area contributed by atoms with Gasteiger partial charge in [-0.2, -0.15) is 0 Å². The predicted octanol–water partition coefficient (Wildman–Crippen LogP) is -0.907. The quantitative estimate of drug-likeness (QED) is 0.514. The molecule has 4 nitrogen and oxygen atoms in total. The Kier molecular flexibility index (Phi) is 3.49. The lowest BCUT2D eigenvalue weighted by Gasteiger charge is -2.26. The number of carbonyl (C=O) groups is 1. The third-order valence-corrected chi connectivity index (χ3v) is 1.93. The number of aliphatic hydroxyl groups is 1. The normalized spacial score (nSPS) is 19.8. The fraction of sp³-hybridized carbons (Fsp3) is 0.875. The largest absolute Gasteiger partial charge is 0.392 e. The van der Waals surface area contributed by atoms with Crippen LogP contribution in [-0.2, 0) is 4.79 Å². The highest BCUT2D eigenvalue weighted by Crippen LogP contribution is 2.07. The van der Waals surface area contributed by atoms with E-state index in [4.69, 9.17) is 5.11 Å². The van der Waals surface area contributed by atoms with E-state index in [9.17, 15) is 4.79 Å². The van der Waals surface area contributed by atoms with Crippen molar-refractivity contribution in [2.45, 2.75) is 19.4 Å². The molecular formula is C8H16N2O2. The van der Waals surface area contributed by atoms with Crippen molar-refractivity contribution in [1.29, 1.82) is 0 Å². The molecule has 0 aromatic rings. The Bertz CT molecular complexity index is 155. The Morgan fingerprint density at radius 3 is 2.83 bits per heavy atom. The van der Waals surface area contributed by atoms with E-state index in [1.54, 1.807) is 6.92 Å². The van der Waals surface area contributed by atoms with E-state index in [1.807, 2.05) is 0 Å². The number of hydrogen-bond acceptors (Lipinski definition) is 3. The van der Waals surface area contributed by atoms with Gasteiger partial charge in [-0.3, -0.25) is 4.79 Å². The molecule has 4 heteroatoms. The third kappa shape index (κ3) is 3.19. The topological polar surface area (TPSA) is 61.4 Å². The second kappa shape index (κ2) is 4.42. The number of hydrogen-bond donors (Lipinski definition) is 3. The van der Waals surface area contributed by atoms with E-state index in [0.717, 1.165) is 13.1 Å². The number of nitrogens with one attached hydrogen (secondary N) is 2. The number of amides is 1. The first-order valence-corrected chi connectivity index (χ1v) is 4.34. The van der Waals surface area contributed by atoms with E-state index in [1.165, 1.54) is 0 Å². The van der Waals surface area contributed by atoms with Gasteiger partial charge in [0, 0.05) is 13.0 Å². The molecule has 1 atom stereocenters. The molecule has 12 heavy (non-hydrogen) atoms. The van der Waals surface area contributed by atoms with Crippen LogP contribution in [0.3, 0.4) is 0 Å². The maximum absolute atomic E-state index is 11.1. The molecule has 0 radical (unpaired) electrons. The van der Waals surface area contributed by atoms with Crippen LogP contribution in [0.4, 0.5) is 0 Å². The predicted molar refractivity (Wildman–Crippen MR) is 45.7 cm³/mol. The number of carbonyl (C=O) groups excluding carboxylic acids is 1. The summed E-state index contributed by atoms with van der Waals surface area (Å²) < 4.78 is 0. The van der Waals surface area contributed by atoms with Gasteiger partial charge in [0.2, 0.25) is 5.91 Å². The van der Waals surface area contributed by atoms with E-state index in [-0.39, 0.29) is 5.91 Å². The Morgan fingerprint density at radius 2 is 2.42 bits per heavy atom. The van der Waals surface area contributed by atoms with Crippen LogP contribution >= 0.6 is 0 Å². The van der Waals surface area contributed by atoms with Gasteiger partial charge >= 0.3 is 0 Å². The molecule has 0 aromatic heterocycles. The molecule has 0 spiro atoms. The van der Waals surface area contributed by atoms with Crippen LogP contribution in [0.25, 0.3) is 0 Å². The summed E-state index contributed by atoms with van der Waals surface area (Å²) in [6.45, 7) is 3.91. The summed E-state index contributed by atoms with van der Waals surface area (Å²) in [5.74, 6) is 0.543. The average molecular weight is 172 g/mol. The van der Waals surface area contributed by atoms with Gasteiger partial charge in [0.25, 0.3) is 0 Å². The second-order valence-corrected chi connectivity index (χ2v) is 3.38. The lowest BCUT2D eigenvalue weighted by molar-refractivity contribution is -0.122. The zero-order valence-corrected chi connectivity index (χ0v) is 7.34. The third-order valence-electron chi connectivity index (χ3n) is 1.93. The summed E-state index contributed by atoms with van der Waals surface area (Å²) in [7, 11) is 0. The molecule has 1 fully saturated rings. The van der Waals surface area contributed by atoms with Crippen LogP contribution < -0.4 is 10.6 Å². The highest BCUT2D eigenvalue weighted by molar-refractivity contribution is 5.76. The SMILES string of the molecule is CC(O)CNC(=O)CC1CNC1. The molecule has 0 aromatic carbocycles. The minimum atomic E-state index is -0.450. The maximum atomic E-state index is 11.1. The average Bonchev–Trinajstić information content (AvgIpc) is 1.93. The molecule has 3 N–H and O–H groups in total. The van der Waals surface area contributed by atoms with Crippen LogP contribution in [0.5, 0.6) is 0 Å². The summed E-state index contributed by atoms with van der Waals surface area (Å²) in [6, 6.07) is 0. The van der Waals surface area contributed by atoms with Crippen LogP contribution in [-0.4, -0.2) is 36.8 Å². The van der Waals surface area contributed by atoms with Gasteiger partial charge in [-0.05, 0) is 25.9 Å². The van der Waals surface area contributed by atoms with Crippen molar-refractivity contribution in [3.8, 4) is 0 Å². The van der Waals surface area contributed by atoms with Crippen molar-refractivity contribution < 1.29 is 9.90 Å². The summed E-state index contributed by atoms with van der Waals surface area (Å²) in [4.78, 5) is 11.1. The Balaban J connectivity index is 2.03. The minimum Gasteiger partial charge on any atom is -0.392 e. The molecule has 1 rings (SSSR count). The van der Waals surface area contributed by atoms with E-state index < -0.39 is 6.10 Å². The number of aliphatic hydroxyl groups excluding tert-OH is 1. The first-order valence-electron chi connectivity index (χ1n) is 4.34. The second-order valence-electron chi connectivity index (χ2n) is 3.38. The lowest BCUT2D eigenvalue weighted by Crippen LogP contribution is -2.45. The van der Waals surface area contributed by atoms with Gasteiger partial charge in [-0.25, -0.2) is 0 Å². The van der Waals surface area contributed by atoms with Gasteiger partial charge < -0.3 is 15.7 Å². The van der Waals surface area contributed by atoms with Gasteiger partial charge in [0.15, 0.2) is 0 Å². The molecule has 1 unspecified atom stereocenters. The molecule has 0 bridgehead atoms. The molecule has 0 saturated carbocycles. The first kappa shape index (κ1) is 9.48. The molecule has 0 aliphatic carbocycles. The van der Waals surface area contributed by atoms with Gasteiger partial charge in [0.05, 0.1) is 6.10 Å². The van der Waals surface area contributed by atoms with E-state index >= 15 is 0 Å². The van der Waals surface area contributed by atoms with Gasteiger partial charge in [-0.15, -0.1) is 0 Å². The number of rotatable bonds is 4. The van der Waals surface area contributed by atoms with Crippen LogP contribution in [0.2, 0.25) is 0 Å². The van der Waals surface area contributed by atoms with Crippen molar-refractivity contribution in [2.75, 3.05) is 19.6 Å². The fourth-order valence-corrected chi connectivity index (χ4v) is 1.09. The van der Waals surface area contributed by atoms with Crippen molar-refractivity contribution >= 4 is 5.91 Å². The van der Waals surface area contributed by atoms with E-state index in [0.29, 0.717) is 18.9 Å². The Morgan fingerprint density at radius 1 is 1.75 bits per heavy atom. The molecular weight excluding hydrogens is 156 g/mol. The van der Waals surface area contributed by atoms with Gasteiger partial charge in [-0.1, -0.05) is 0 Å². The molecule has 1 heterocycles. The lowest BCUT2D eigenvalue weighted by atomic mass is 9.99. The van der Waals surface area contributed by atoms with Crippen LogP contribution in [0, 0.1) is 5.92 Å². The zero-order chi connectivity index (χ0) is 8.97. The smallest absolute Gasteiger partial charge is 0.220 e. The zero-order valence-electron chi connectivity index (χ0n) is 7.34. The molecule has 70 valence electrons. The summed E-state index contributed by atoms with van der Waals surface area (Å²) in [5, 5.41) is 14.6. The van der Waals surface area contributed by atoms with Crippen molar-refractivity contribution in [3.63, 3.8) is 0 Å². The first-order chi connectivity index (χ1) is 5.68. The van der Waals surface area contributed by atoms with Crippen LogP contribution in [0.1, 0.15) is 13.3 Å². The monoisotopic (exact) mass is 172 g/mol. The van der Waals surface area contributed by atoms with E-state index in [2.05, 4.69) is 10.6 Å². The van der Waals surface area contributed by atoms with Crippen molar-refractivity contribution in [1.82, 2.24) is 10.6 Å². The summed E-state index contributed by atoms with van der Waals surface area (Å²) >= 11 is 0. The highest BCUT2D eigenvalue weighted by atomic mass is 16.3. The molecule has 1 saturated heterocycles. The Hall–Kier alpha value is -0.610. The summed E-state index contributed by atoms with van der Waals surface area (Å²) in [5.41, 5.74) is 0. The van der Waals surface area contributed by atoms with Crippen molar-refractivity contribution in [2.24, 2.45) is 5.92 Å². The molecule has 1 aliphatic rings. The van der Waals surface area contributed by atoms with Crippen molar-refractivity contribution in [3.05, 3.63) is 0 Å². The maximum Gasteiger partial charge on any atom is 0.220 e. The molecule has 1 aliphatic heterocycles. The summed E-state index contributed by atoms with van der Waals surface area (Å²) in [6.07, 6.45) is 0.133.